The summed E-state index contributed by atoms with van der Waals surface area (Å²) in [5.41, 5.74) is 1.08. The molecule has 18 heavy (non-hydrogen) atoms. The van der Waals surface area contributed by atoms with Crippen LogP contribution in [0, 0.1) is 6.92 Å². The van der Waals surface area contributed by atoms with Gasteiger partial charge in [0.25, 0.3) is 0 Å². The molecule has 0 amide bonds. The first-order valence-electron chi connectivity index (χ1n) is 5.35. The molecule has 3 nitrogen and oxygen atoms in total. The Labute approximate surface area is 113 Å². The smallest absolute Gasteiger partial charge is 0.340 e. The van der Waals surface area contributed by atoms with Gasteiger partial charge in [0.15, 0.2) is 0 Å². The van der Waals surface area contributed by atoms with Crippen LogP contribution in [0.3, 0.4) is 0 Å². The molecule has 0 aromatic heterocycles. The van der Waals surface area contributed by atoms with E-state index in [9.17, 15) is 9.90 Å². The Kier molecular flexibility index (Phi) is 3.67. The maximum absolute atomic E-state index is 11.2. The molecule has 0 aliphatic carbocycles. The number of carboxylic acid groups (broad SMARTS) is 1. The minimum Gasteiger partial charge on any atom is -0.478 e. The largest absolute Gasteiger partial charge is 0.478 e. The fraction of sp³-hybridized carbons (Fsp3) is 0.0714. The summed E-state index contributed by atoms with van der Waals surface area (Å²) in [6.45, 7) is 1.91. The van der Waals surface area contributed by atoms with Crippen LogP contribution in [-0.4, -0.2) is 11.1 Å². The highest BCUT2D eigenvalue weighted by Crippen LogP contribution is 2.31. The second-order valence-electron chi connectivity index (χ2n) is 3.79. The van der Waals surface area contributed by atoms with E-state index in [1.165, 1.54) is 0 Å². The van der Waals surface area contributed by atoms with Gasteiger partial charge in [-0.05, 0) is 46.6 Å². The number of carboxylic acids is 1. The molecule has 0 aliphatic heterocycles. The number of aromatic carboxylic acids is 1. The van der Waals surface area contributed by atoms with Gasteiger partial charge >= 0.3 is 5.97 Å². The third-order valence-corrected chi connectivity index (χ3v) is 3.16. The number of halogens is 1. The molecule has 0 radical (unpaired) electrons. The Hall–Kier alpha value is -1.81. The van der Waals surface area contributed by atoms with Gasteiger partial charge in [-0.15, -0.1) is 0 Å². The van der Waals surface area contributed by atoms with E-state index in [1.807, 2.05) is 31.2 Å². The maximum Gasteiger partial charge on any atom is 0.340 e. The molecule has 0 unspecified atom stereocenters. The van der Waals surface area contributed by atoms with Crippen LogP contribution in [0.15, 0.2) is 46.9 Å². The molecule has 2 aromatic carbocycles. The van der Waals surface area contributed by atoms with E-state index in [4.69, 9.17) is 4.74 Å². The van der Waals surface area contributed by atoms with Crippen LogP contribution in [0.2, 0.25) is 0 Å². The fourth-order valence-corrected chi connectivity index (χ4v) is 2.10. The van der Waals surface area contributed by atoms with Crippen molar-refractivity contribution in [3.8, 4) is 11.5 Å². The summed E-state index contributed by atoms with van der Waals surface area (Å²) in [4.78, 5) is 11.2. The monoisotopic (exact) mass is 306 g/mol. The highest BCUT2D eigenvalue weighted by atomic mass is 79.9. The first-order valence-corrected chi connectivity index (χ1v) is 6.14. The molecule has 0 fully saturated rings. The fourth-order valence-electron chi connectivity index (χ4n) is 1.59. The van der Waals surface area contributed by atoms with Gasteiger partial charge in [-0.2, -0.15) is 0 Å². The standard InChI is InChI=1S/C14H11BrO3/c1-9-5-2-3-7-11(9)18-12-8-4-6-10(15)13(12)14(16)17/h2-8H,1H3,(H,16,17). The molecule has 2 aromatic rings. The van der Waals surface area contributed by atoms with E-state index in [1.54, 1.807) is 18.2 Å². The van der Waals surface area contributed by atoms with Crippen molar-refractivity contribution >= 4 is 21.9 Å². The topological polar surface area (TPSA) is 46.5 Å². The van der Waals surface area contributed by atoms with E-state index in [2.05, 4.69) is 15.9 Å². The highest BCUT2D eigenvalue weighted by molar-refractivity contribution is 9.10. The molecule has 0 heterocycles. The molecule has 0 saturated carbocycles. The summed E-state index contributed by atoms with van der Waals surface area (Å²) in [6, 6.07) is 12.5. The molecule has 2 rings (SSSR count). The lowest BCUT2D eigenvalue weighted by Gasteiger charge is -2.11. The van der Waals surface area contributed by atoms with Crippen LogP contribution in [-0.2, 0) is 0 Å². The predicted octanol–water partition coefficient (Wildman–Crippen LogP) is 4.25. The predicted molar refractivity (Wildman–Crippen MR) is 72.4 cm³/mol. The number of hydrogen-bond acceptors (Lipinski definition) is 2. The number of rotatable bonds is 3. The lowest BCUT2D eigenvalue weighted by Crippen LogP contribution is -2.01. The first kappa shape index (κ1) is 12.6. The number of aryl methyl sites for hydroxylation is 1. The van der Waals surface area contributed by atoms with Gasteiger partial charge in [0.1, 0.15) is 17.1 Å². The Bertz CT molecular complexity index is 593. The van der Waals surface area contributed by atoms with E-state index in [-0.39, 0.29) is 5.56 Å². The van der Waals surface area contributed by atoms with Crippen LogP contribution in [0.1, 0.15) is 15.9 Å². The molecule has 0 spiro atoms. The van der Waals surface area contributed by atoms with Crippen LogP contribution >= 0.6 is 15.9 Å². The van der Waals surface area contributed by atoms with Crippen molar-refractivity contribution in [3.63, 3.8) is 0 Å². The molecule has 0 aliphatic rings. The molecule has 1 N–H and O–H groups in total. The Morgan fingerprint density at radius 3 is 2.44 bits per heavy atom. The van der Waals surface area contributed by atoms with E-state index < -0.39 is 5.97 Å². The van der Waals surface area contributed by atoms with Gasteiger partial charge in [-0.25, -0.2) is 4.79 Å². The van der Waals surface area contributed by atoms with Crippen LogP contribution in [0.25, 0.3) is 0 Å². The Morgan fingerprint density at radius 1 is 1.11 bits per heavy atom. The molecule has 0 atom stereocenters. The highest BCUT2D eigenvalue weighted by Gasteiger charge is 2.16. The molecular weight excluding hydrogens is 296 g/mol. The van der Waals surface area contributed by atoms with Crippen molar-refractivity contribution in [2.45, 2.75) is 6.92 Å². The van der Waals surface area contributed by atoms with E-state index in [0.29, 0.717) is 16.0 Å². The van der Waals surface area contributed by atoms with E-state index >= 15 is 0 Å². The molecule has 0 bridgehead atoms. The van der Waals surface area contributed by atoms with Gasteiger partial charge in [0, 0.05) is 4.47 Å². The normalized spacial score (nSPS) is 10.1. The number of ether oxygens (including phenoxy) is 1. The number of hydrogen-bond donors (Lipinski definition) is 1. The first-order chi connectivity index (χ1) is 8.59. The van der Waals surface area contributed by atoms with Crippen molar-refractivity contribution in [1.82, 2.24) is 0 Å². The molecular formula is C14H11BrO3. The second kappa shape index (κ2) is 5.23. The molecule has 0 saturated heterocycles. The maximum atomic E-state index is 11.2. The minimum atomic E-state index is -1.02. The van der Waals surface area contributed by atoms with Crippen molar-refractivity contribution in [2.24, 2.45) is 0 Å². The summed E-state index contributed by atoms with van der Waals surface area (Å²) in [5.74, 6) is -0.0460. The zero-order valence-electron chi connectivity index (χ0n) is 9.68. The van der Waals surface area contributed by atoms with Gasteiger partial charge in [0.2, 0.25) is 0 Å². The lowest BCUT2D eigenvalue weighted by molar-refractivity contribution is 0.0693. The SMILES string of the molecule is Cc1ccccc1Oc1cccc(Br)c1C(=O)O. The van der Waals surface area contributed by atoms with Crippen molar-refractivity contribution in [1.29, 1.82) is 0 Å². The number of para-hydroxylation sites is 1. The average molecular weight is 307 g/mol. The summed E-state index contributed by atoms with van der Waals surface area (Å²) >= 11 is 3.22. The zero-order chi connectivity index (χ0) is 13.1. The molecule has 92 valence electrons. The third kappa shape index (κ3) is 2.54. The Morgan fingerprint density at radius 2 is 1.78 bits per heavy atom. The third-order valence-electron chi connectivity index (χ3n) is 2.50. The average Bonchev–Trinajstić information content (AvgIpc) is 2.31. The quantitative estimate of drug-likeness (QED) is 0.922. The summed E-state index contributed by atoms with van der Waals surface area (Å²) in [6.07, 6.45) is 0. The molecule has 4 heteroatoms. The summed E-state index contributed by atoms with van der Waals surface area (Å²) < 4.78 is 6.17. The van der Waals surface area contributed by atoms with Gasteiger partial charge in [-0.1, -0.05) is 24.3 Å². The minimum absolute atomic E-state index is 0.126. The number of carbonyl (C=O) groups is 1. The summed E-state index contributed by atoms with van der Waals surface area (Å²) in [5, 5.41) is 9.18. The lowest BCUT2D eigenvalue weighted by atomic mass is 10.2. The van der Waals surface area contributed by atoms with E-state index in [0.717, 1.165) is 5.56 Å². The second-order valence-corrected chi connectivity index (χ2v) is 4.64. The van der Waals surface area contributed by atoms with Gasteiger partial charge in [0.05, 0.1) is 0 Å². The van der Waals surface area contributed by atoms with Crippen molar-refractivity contribution in [2.75, 3.05) is 0 Å². The zero-order valence-corrected chi connectivity index (χ0v) is 11.3. The van der Waals surface area contributed by atoms with Gasteiger partial charge in [-0.3, -0.25) is 0 Å². The van der Waals surface area contributed by atoms with Gasteiger partial charge < -0.3 is 9.84 Å². The van der Waals surface area contributed by atoms with Crippen LogP contribution in [0.5, 0.6) is 11.5 Å². The van der Waals surface area contributed by atoms with Crippen molar-refractivity contribution in [3.05, 3.63) is 58.1 Å². The number of benzene rings is 2. The van der Waals surface area contributed by atoms with Crippen molar-refractivity contribution < 1.29 is 14.6 Å². The van der Waals surface area contributed by atoms with Crippen LogP contribution in [0.4, 0.5) is 0 Å². The van der Waals surface area contributed by atoms with Crippen LogP contribution < -0.4 is 4.74 Å². The Balaban J connectivity index is 2.44. The summed E-state index contributed by atoms with van der Waals surface area (Å²) in [7, 11) is 0.